The van der Waals surface area contributed by atoms with E-state index in [2.05, 4.69) is 12.2 Å². The molecular weight excluding hydrogens is 262 g/mol. The summed E-state index contributed by atoms with van der Waals surface area (Å²) in [5.74, 6) is 0.889. The predicted octanol–water partition coefficient (Wildman–Crippen LogP) is 4.32. The molecule has 1 fully saturated rings. The smallest absolute Gasteiger partial charge is 0.251 e. The van der Waals surface area contributed by atoms with E-state index in [1.165, 1.54) is 32.1 Å². The van der Waals surface area contributed by atoms with Crippen molar-refractivity contribution in [1.29, 1.82) is 0 Å². The largest absolute Gasteiger partial charge is 0.494 e. The molecule has 0 heterocycles. The highest BCUT2D eigenvalue weighted by atomic mass is 16.5. The monoisotopic (exact) mass is 289 g/mol. The summed E-state index contributed by atoms with van der Waals surface area (Å²) in [6.45, 7) is 2.93. The average molecular weight is 289 g/mol. The van der Waals surface area contributed by atoms with Crippen LogP contribution in [0.2, 0.25) is 0 Å². The van der Waals surface area contributed by atoms with Gasteiger partial charge in [0, 0.05) is 11.6 Å². The zero-order chi connectivity index (χ0) is 14.9. The Balaban J connectivity index is 1.78. The minimum Gasteiger partial charge on any atom is -0.494 e. The van der Waals surface area contributed by atoms with E-state index in [9.17, 15) is 4.79 Å². The SMILES string of the molecule is CCCCCOc1ccc(C(=O)NC2CCCCC2)cc1. The first-order valence-electron chi connectivity index (χ1n) is 8.33. The van der Waals surface area contributed by atoms with Gasteiger partial charge in [-0.2, -0.15) is 0 Å². The lowest BCUT2D eigenvalue weighted by molar-refractivity contribution is 0.0927. The van der Waals surface area contributed by atoms with Gasteiger partial charge in [0.25, 0.3) is 5.91 Å². The number of ether oxygens (including phenoxy) is 1. The Bertz CT molecular complexity index is 421. The van der Waals surface area contributed by atoms with Gasteiger partial charge in [-0.05, 0) is 43.5 Å². The molecule has 1 aliphatic rings. The summed E-state index contributed by atoms with van der Waals surface area (Å²) in [6, 6.07) is 7.85. The number of carbonyl (C=O) groups excluding carboxylic acids is 1. The Kier molecular flexibility index (Phi) is 6.58. The van der Waals surface area contributed by atoms with E-state index in [-0.39, 0.29) is 5.91 Å². The standard InChI is InChI=1S/C18H27NO2/c1-2-3-7-14-21-17-12-10-15(11-13-17)18(20)19-16-8-5-4-6-9-16/h10-13,16H,2-9,14H2,1H3,(H,19,20). The summed E-state index contributed by atoms with van der Waals surface area (Å²) in [7, 11) is 0. The van der Waals surface area contributed by atoms with Gasteiger partial charge >= 0.3 is 0 Å². The van der Waals surface area contributed by atoms with Crippen molar-refractivity contribution in [2.75, 3.05) is 6.61 Å². The van der Waals surface area contributed by atoms with Crippen molar-refractivity contribution in [3.8, 4) is 5.75 Å². The van der Waals surface area contributed by atoms with Gasteiger partial charge in [-0.15, -0.1) is 0 Å². The molecule has 1 aliphatic carbocycles. The van der Waals surface area contributed by atoms with Crippen LogP contribution in [0.5, 0.6) is 5.75 Å². The highest BCUT2D eigenvalue weighted by Gasteiger charge is 2.16. The van der Waals surface area contributed by atoms with Gasteiger partial charge in [-0.25, -0.2) is 0 Å². The molecule has 1 saturated carbocycles. The first kappa shape index (κ1) is 15.9. The second kappa shape index (κ2) is 8.71. The van der Waals surface area contributed by atoms with Crippen LogP contribution in [0, 0.1) is 0 Å². The summed E-state index contributed by atoms with van der Waals surface area (Å²) >= 11 is 0. The maximum absolute atomic E-state index is 12.2. The molecule has 1 aromatic rings. The quantitative estimate of drug-likeness (QED) is 0.759. The van der Waals surface area contributed by atoms with Crippen molar-refractivity contribution in [3.05, 3.63) is 29.8 Å². The van der Waals surface area contributed by atoms with Crippen LogP contribution in [-0.4, -0.2) is 18.6 Å². The number of rotatable bonds is 7. The molecule has 0 aromatic heterocycles. The lowest BCUT2D eigenvalue weighted by Gasteiger charge is -2.22. The summed E-state index contributed by atoms with van der Waals surface area (Å²) in [6.07, 6.45) is 9.47. The maximum Gasteiger partial charge on any atom is 0.251 e. The number of unbranched alkanes of at least 4 members (excludes halogenated alkanes) is 2. The molecule has 0 unspecified atom stereocenters. The van der Waals surface area contributed by atoms with E-state index in [1.807, 2.05) is 24.3 Å². The summed E-state index contributed by atoms with van der Waals surface area (Å²) in [5.41, 5.74) is 0.724. The molecule has 1 amide bonds. The summed E-state index contributed by atoms with van der Waals surface area (Å²) in [5, 5.41) is 3.13. The van der Waals surface area contributed by atoms with Crippen LogP contribution >= 0.6 is 0 Å². The minimum atomic E-state index is 0.0411. The molecule has 3 heteroatoms. The molecule has 0 atom stereocenters. The van der Waals surface area contributed by atoms with Gasteiger partial charge in [0.1, 0.15) is 5.75 Å². The second-order valence-corrected chi connectivity index (χ2v) is 5.89. The van der Waals surface area contributed by atoms with Crippen LogP contribution in [0.25, 0.3) is 0 Å². The number of amides is 1. The van der Waals surface area contributed by atoms with Crippen molar-refractivity contribution in [2.45, 2.75) is 64.3 Å². The summed E-state index contributed by atoms with van der Waals surface area (Å²) < 4.78 is 5.66. The fourth-order valence-electron chi connectivity index (χ4n) is 2.76. The third kappa shape index (κ3) is 5.41. The van der Waals surface area contributed by atoms with E-state index in [0.29, 0.717) is 6.04 Å². The van der Waals surface area contributed by atoms with Crippen LogP contribution in [0.3, 0.4) is 0 Å². The lowest BCUT2D eigenvalue weighted by Crippen LogP contribution is -2.36. The summed E-state index contributed by atoms with van der Waals surface area (Å²) in [4.78, 5) is 12.2. The molecule has 0 aliphatic heterocycles. The van der Waals surface area contributed by atoms with Crippen LogP contribution in [-0.2, 0) is 0 Å². The Morgan fingerprint density at radius 2 is 1.86 bits per heavy atom. The van der Waals surface area contributed by atoms with Gasteiger partial charge in [0.05, 0.1) is 6.61 Å². The third-order valence-corrected chi connectivity index (χ3v) is 4.07. The van der Waals surface area contributed by atoms with Gasteiger partial charge in [0.2, 0.25) is 0 Å². The zero-order valence-electron chi connectivity index (χ0n) is 13.1. The molecule has 21 heavy (non-hydrogen) atoms. The van der Waals surface area contributed by atoms with Crippen molar-refractivity contribution >= 4 is 5.91 Å². The van der Waals surface area contributed by atoms with Crippen molar-refractivity contribution < 1.29 is 9.53 Å². The van der Waals surface area contributed by atoms with E-state index < -0.39 is 0 Å². The van der Waals surface area contributed by atoms with E-state index in [0.717, 1.165) is 37.2 Å². The first-order chi connectivity index (χ1) is 10.3. The molecule has 116 valence electrons. The molecule has 0 bridgehead atoms. The third-order valence-electron chi connectivity index (χ3n) is 4.07. The van der Waals surface area contributed by atoms with Crippen molar-refractivity contribution in [2.24, 2.45) is 0 Å². The second-order valence-electron chi connectivity index (χ2n) is 5.89. The van der Waals surface area contributed by atoms with E-state index in [4.69, 9.17) is 4.74 Å². The van der Waals surface area contributed by atoms with Crippen LogP contribution < -0.4 is 10.1 Å². The Morgan fingerprint density at radius 3 is 2.52 bits per heavy atom. The maximum atomic E-state index is 12.2. The van der Waals surface area contributed by atoms with Crippen LogP contribution in [0.15, 0.2) is 24.3 Å². The highest BCUT2D eigenvalue weighted by Crippen LogP contribution is 2.18. The van der Waals surface area contributed by atoms with Gasteiger partial charge < -0.3 is 10.1 Å². The highest BCUT2D eigenvalue weighted by molar-refractivity contribution is 5.94. The van der Waals surface area contributed by atoms with Gasteiger partial charge in [-0.3, -0.25) is 4.79 Å². The number of hydrogen-bond donors (Lipinski definition) is 1. The van der Waals surface area contributed by atoms with Crippen LogP contribution in [0.1, 0.15) is 68.6 Å². The van der Waals surface area contributed by atoms with Crippen molar-refractivity contribution in [3.63, 3.8) is 0 Å². The molecule has 1 aromatic carbocycles. The molecule has 3 nitrogen and oxygen atoms in total. The Morgan fingerprint density at radius 1 is 1.14 bits per heavy atom. The molecule has 0 radical (unpaired) electrons. The fraction of sp³-hybridized carbons (Fsp3) is 0.611. The van der Waals surface area contributed by atoms with E-state index in [1.54, 1.807) is 0 Å². The fourth-order valence-corrected chi connectivity index (χ4v) is 2.76. The van der Waals surface area contributed by atoms with Crippen LogP contribution in [0.4, 0.5) is 0 Å². The molecule has 2 rings (SSSR count). The van der Waals surface area contributed by atoms with E-state index >= 15 is 0 Å². The lowest BCUT2D eigenvalue weighted by atomic mass is 9.95. The Hall–Kier alpha value is -1.51. The number of benzene rings is 1. The molecule has 0 saturated heterocycles. The zero-order valence-corrected chi connectivity index (χ0v) is 13.1. The number of hydrogen-bond acceptors (Lipinski definition) is 2. The van der Waals surface area contributed by atoms with Gasteiger partial charge in [0.15, 0.2) is 0 Å². The Labute approximate surface area is 128 Å². The van der Waals surface area contributed by atoms with Gasteiger partial charge in [-0.1, -0.05) is 39.0 Å². The normalized spacial score (nSPS) is 15.7. The molecule has 1 N–H and O–H groups in total. The predicted molar refractivity (Wildman–Crippen MR) is 85.8 cm³/mol. The average Bonchev–Trinajstić information content (AvgIpc) is 2.53. The molecule has 0 spiro atoms. The molecular formula is C18H27NO2. The topological polar surface area (TPSA) is 38.3 Å². The number of nitrogens with one attached hydrogen (secondary N) is 1. The number of carbonyl (C=O) groups is 1. The first-order valence-corrected chi connectivity index (χ1v) is 8.33. The van der Waals surface area contributed by atoms with Crippen molar-refractivity contribution in [1.82, 2.24) is 5.32 Å². The minimum absolute atomic E-state index is 0.0411.